The summed E-state index contributed by atoms with van der Waals surface area (Å²) >= 11 is 0. The van der Waals surface area contributed by atoms with Gasteiger partial charge in [0.15, 0.2) is 0 Å². The molecule has 1 rings (SSSR count). The van der Waals surface area contributed by atoms with Crippen LogP contribution in [-0.4, -0.2) is 42.5 Å². The van der Waals surface area contributed by atoms with E-state index in [1.807, 2.05) is 0 Å². The fraction of sp³-hybridized carbons (Fsp3) is 0.933. The molecule has 1 aliphatic rings. The summed E-state index contributed by atoms with van der Waals surface area (Å²) in [6.45, 7) is 9.40. The molecular formula is C15H31N3O. The van der Waals surface area contributed by atoms with Crippen molar-refractivity contribution in [3.63, 3.8) is 0 Å². The Morgan fingerprint density at radius 1 is 1.37 bits per heavy atom. The number of rotatable bonds is 7. The summed E-state index contributed by atoms with van der Waals surface area (Å²) in [5.41, 5.74) is 5.97. The second kappa shape index (κ2) is 8.54. The molecule has 112 valence electrons. The lowest BCUT2D eigenvalue weighted by Gasteiger charge is -2.27. The van der Waals surface area contributed by atoms with Crippen molar-refractivity contribution in [2.45, 2.75) is 65.0 Å². The molecule has 3 atom stereocenters. The first-order valence-corrected chi connectivity index (χ1v) is 7.82. The standard InChI is InChI=1S/C15H31N3O/c1-4-18(5-2)11-12(3)17-15(19)10-13-7-6-8-14(16)9-13/h12-14H,4-11,16H2,1-3H3,(H,17,19). The fourth-order valence-electron chi connectivity index (χ4n) is 3.03. The molecule has 0 aliphatic heterocycles. The number of nitrogens with two attached hydrogens (primary N) is 1. The Kier molecular flexibility index (Phi) is 7.39. The van der Waals surface area contributed by atoms with E-state index in [1.165, 1.54) is 6.42 Å². The SMILES string of the molecule is CCN(CC)CC(C)NC(=O)CC1CCCC(N)C1. The van der Waals surface area contributed by atoms with Crippen molar-refractivity contribution >= 4 is 5.91 Å². The van der Waals surface area contributed by atoms with Crippen LogP contribution in [0.2, 0.25) is 0 Å². The molecule has 0 spiro atoms. The van der Waals surface area contributed by atoms with Crippen LogP contribution in [0.1, 0.15) is 52.9 Å². The van der Waals surface area contributed by atoms with Gasteiger partial charge in [0.2, 0.25) is 5.91 Å². The van der Waals surface area contributed by atoms with Crippen LogP contribution in [0.3, 0.4) is 0 Å². The third-order valence-corrected chi connectivity index (χ3v) is 4.13. The van der Waals surface area contributed by atoms with Gasteiger partial charge in [-0.05, 0) is 45.2 Å². The molecule has 1 amide bonds. The third-order valence-electron chi connectivity index (χ3n) is 4.13. The van der Waals surface area contributed by atoms with Crippen LogP contribution in [0.5, 0.6) is 0 Å². The lowest BCUT2D eigenvalue weighted by atomic mass is 9.84. The van der Waals surface area contributed by atoms with E-state index in [0.717, 1.165) is 38.9 Å². The number of hydrogen-bond acceptors (Lipinski definition) is 3. The van der Waals surface area contributed by atoms with Crippen molar-refractivity contribution in [1.82, 2.24) is 10.2 Å². The molecule has 1 fully saturated rings. The first-order valence-electron chi connectivity index (χ1n) is 7.82. The zero-order valence-corrected chi connectivity index (χ0v) is 12.8. The zero-order valence-electron chi connectivity index (χ0n) is 12.8. The quantitative estimate of drug-likeness (QED) is 0.740. The average Bonchev–Trinajstić information content (AvgIpc) is 2.35. The molecule has 0 aromatic carbocycles. The summed E-state index contributed by atoms with van der Waals surface area (Å²) in [6, 6.07) is 0.532. The molecule has 1 saturated carbocycles. The normalized spacial score (nSPS) is 25.3. The van der Waals surface area contributed by atoms with Gasteiger partial charge in [-0.1, -0.05) is 20.3 Å². The number of likely N-dealkylation sites (N-methyl/N-ethyl adjacent to an activating group) is 1. The van der Waals surface area contributed by atoms with Crippen molar-refractivity contribution < 1.29 is 4.79 Å². The summed E-state index contributed by atoms with van der Waals surface area (Å²) in [4.78, 5) is 14.4. The largest absolute Gasteiger partial charge is 0.352 e. The van der Waals surface area contributed by atoms with E-state index < -0.39 is 0 Å². The van der Waals surface area contributed by atoms with Crippen molar-refractivity contribution in [1.29, 1.82) is 0 Å². The Balaban J connectivity index is 2.26. The van der Waals surface area contributed by atoms with Crippen molar-refractivity contribution in [3.8, 4) is 0 Å². The predicted octanol–water partition coefficient (Wildman–Crippen LogP) is 1.74. The zero-order chi connectivity index (χ0) is 14.3. The van der Waals surface area contributed by atoms with E-state index in [-0.39, 0.29) is 11.9 Å². The molecule has 4 heteroatoms. The van der Waals surface area contributed by atoms with Gasteiger partial charge in [-0.15, -0.1) is 0 Å². The summed E-state index contributed by atoms with van der Waals surface area (Å²) in [5.74, 6) is 0.683. The smallest absolute Gasteiger partial charge is 0.220 e. The van der Waals surface area contributed by atoms with Crippen molar-refractivity contribution in [2.24, 2.45) is 11.7 Å². The maximum absolute atomic E-state index is 12.0. The Labute approximate surface area is 118 Å². The van der Waals surface area contributed by atoms with Gasteiger partial charge in [0.1, 0.15) is 0 Å². The monoisotopic (exact) mass is 269 g/mol. The minimum atomic E-state index is 0.193. The number of hydrogen-bond donors (Lipinski definition) is 2. The van der Waals surface area contributed by atoms with E-state index in [1.54, 1.807) is 0 Å². The summed E-state index contributed by atoms with van der Waals surface area (Å²) in [7, 11) is 0. The Morgan fingerprint density at radius 2 is 2.05 bits per heavy atom. The Bertz CT molecular complexity index is 266. The third kappa shape index (κ3) is 6.39. The second-order valence-corrected chi connectivity index (χ2v) is 5.95. The fourth-order valence-corrected chi connectivity index (χ4v) is 3.03. The molecule has 0 saturated heterocycles. The molecule has 0 radical (unpaired) electrons. The molecule has 3 N–H and O–H groups in total. The number of nitrogens with one attached hydrogen (secondary N) is 1. The highest BCUT2D eigenvalue weighted by atomic mass is 16.1. The molecule has 0 bridgehead atoms. The maximum atomic E-state index is 12.0. The van der Waals surface area contributed by atoms with Crippen LogP contribution in [0.25, 0.3) is 0 Å². The summed E-state index contributed by atoms with van der Waals surface area (Å²) in [6.07, 6.45) is 5.12. The molecule has 1 aliphatic carbocycles. The highest BCUT2D eigenvalue weighted by molar-refractivity contribution is 5.76. The van der Waals surface area contributed by atoms with Crippen LogP contribution in [0.4, 0.5) is 0 Å². The average molecular weight is 269 g/mol. The Hall–Kier alpha value is -0.610. The topological polar surface area (TPSA) is 58.4 Å². The summed E-state index contributed by atoms with van der Waals surface area (Å²) in [5, 5.41) is 3.12. The van der Waals surface area contributed by atoms with Crippen molar-refractivity contribution in [3.05, 3.63) is 0 Å². The molecular weight excluding hydrogens is 238 g/mol. The van der Waals surface area contributed by atoms with Crippen molar-refractivity contribution in [2.75, 3.05) is 19.6 Å². The van der Waals surface area contributed by atoms with Crippen LogP contribution in [0, 0.1) is 5.92 Å². The van der Waals surface area contributed by atoms with E-state index >= 15 is 0 Å². The summed E-state index contributed by atoms with van der Waals surface area (Å²) < 4.78 is 0. The first kappa shape index (κ1) is 16.4. The number of amides is 1. The lowest BCUT2D eigenvalue weighted by Crippen LogP contribution is -2.42. The van der Waals surface area contributed by atoms with Gasteiger partial charge in [0, 0.05) is 25.0 Å². The van der Waals surface area contributed by atoms with E-state index in [2.05, 4.69) is 31.0 Å². The van der Waals surface area contributed by atoms with E-state index in [4.69, 9.17) is 5.73 Å². The second-order valence-electron chi connectivity index (χ2n) is 5.95. The molecule has 3 unspecified atom stereocenters. The van der Waals surface area contributed by atoms with Gasteiger partial charge >= 0.3 is 0 Å². The van der Waals surface area contributed by atoms with Gasteiger partial charge < -0.3 is 16.0 Å². The number of carbonyl (C=O) groups excluding carboxylic acids is 1. The molecule has 0 heterocycles. The lowest BCUT2D eigenvalue weighted by molar-refractivity contribution is -0.123. The van der Waals surface area contributed by atoms with Gasteiger partial charge in [0.25, 0.3) is 0 Å². The number of carbonyl (C=O) groups is 1. The van der Waals surface area contributed by atoms with Crippen LogP contribution < -0.4 is 11.1 Å². The van der Waals surface area contributed by atoms with E-state index in [9.17, 15) is 4.79 Å². The maximum Gasteiger partial charge on any atom is 0.220 e. The van der Waals surface area contributed by atoms with E-state index in [0.29, 0.717) is 18.4 Å². The molecule has 0 aromatic heterocycles. The highest BCUT2D eigenvalue weighted by Gasteiger charge is 2.22. The predicted molar refractivity (Wildman–Crippen MR) is 79.9 cm³/mol. The first-order chi connectivity index (χ1) is 9.05. The number of nitrogens with zero attached hydrogens (tertiary/aromatic N) is 1. The van der Waals surface area contributed by atoms with Crippen LogP contribution in [0.15, 0.2) is 0 Å². The van der Waals surface area contributed by atoms with Gasteiger partial charge in [0.05, 0.1) is 0 Å². The molecule has 4 nitrogen and oxygen atoms in total. The Morgan fingerprint density at radius 3 is 2.63 bits per heavy atom. The van der Waals surface area contributed by atoms with Crippen LogP contribution in [-0.2, 0) is 4.79 Å². The van der Waals surface area contributed by atoms with Crippen LogP contribution >= 0.6 is 0 Å². The van der Waals surface area contributed by atoms with Gasteiger partial charge in [-0.25, -0.2) is 0 Å². The van der Waals surface area contributed by atoms with Gasteiger partial charge in [-0.3, -0.25) is 4.79 Å². The molecule has 0 aromatic rings. The highest BCUT2D eigenvalue weighted by Crippen LogP contribution is 2.25. The minimum Gasteiger partial charge on any atom is -0.352 e. The van der Waals surface area contributed by atoms with Gasteiger partial charge in [-0.2, -0.15) is 0 Å². The minimum absolute atomic E-state index is 0.193. The molecule has 19 heavy (non-hydrogen) atoms.